The van der Waals surface area contributed by atoms with E-state index < -0.39 is 0 Å². The Morgan fingerprint density at radius 1 is 1.50 bits per heavy atom. The Bertz CT molecular complexity index is 436. The van der Waals surface area contributed by atoms with E-state index in [2.05, 4.69) is 10.2 Å². The topological polar surface area (TPSA) is 63.9 Å². The molecule has 1 heterocycles. The van der Waals surface area contributed by atoms with E-state index in [9.17, 15) is 0 Å². The summed E-state index contributed by atoms with van der Waals surface area (Å²) < 4.78 is 5.40. The molecular weight excluding hydrogens is 178 g/mol. The largest absolute Gasteiger partial charge is 0.494 e. The van der Waals surface area contributed by atoms with Crippen molar-refractivity contribution in [3.63, 3.8) is 0 Å². The van der Waals surface area contributed by atoms with Crippen LogP contribution >= 0.6 is 0 Å². The predicted molar refractivity (Wildman–Crippen MR) is 55.2 cm³/mol. The minimum Gasteiger partial charge on any atom is -0.494 e. The number of benzene rings is 1. The van der Waals surface area contributed by atoms with Crippen molar-refractivity contribution in [2.24, 2.45) is 5.73 Å². The van der Waals surface area contributed by atoms with Crippen LogP contribution in [0.1, 0.15) is 12.6 Å². The van der Waals surface area contributed by atoms with E-state index in [1.54, 1.807) is 0 Å². The minimum absolute atomic E-state index is 0.464. The lowest BCUT2D eigenvalue weighted by atomic mass is 10.2. The molecule has 0 bridgehead atoms. The Balaban J connectivity index is 2.50. The lowest BCUT2D eigenvalue weighted by Gasteiger charge is -2.02. The molecule has 4 nitrogen and oxygen atoms in total. The second-order valence-electron chi connectivity index (χ2n) is 3.02. The summed E-state index contributed by atoms with van der Waals surface area (Å²) in [5, 5.41) is 8.07. The van der Waals surface area contributed by atoms with Crippen molar-refractivity contribution < 1.29 is 4.74 Å². The molecule has 0 unspecified atom stereocenters. The molecule has 0 fully saturated rings. The van der Waals surface area contributed by atoms with Crippen LogP contribution < -0.4 is 10.5 Å². The Hall–Kier alpha value is -1.55. The van der Waals surface area contributed by atoms with Gasteiger partial charge in [0.25, 0.3) is 0 Å². The Kier molecular flexibility index (Phi) is 2.37. The molecule has 1 aromatic carbocycles. The summed E-state index contributed by atoms with van der Waals surface area (Å²) in [5.41, 5.74) is 7.44. The maximum Gasteiger partial charge on any atom is 0.120 e. The summed E-state index contributed by atoms with van der Waals surface area (Å²) >= 11 is 0. The number of ether oxygens (including phenoxy) is 1. The molecular formula is C10H13N3O. The monoisotopic (exact) mass is 191 g/mol. The van der Waals surface area contributed by atoms with E-state index in [0.29, 0.717) is 13.2 Å². The van der Waals surface area contributed by atoms with Crippen molar-refractivity contribution in [2.75, 3.05) is 6.61 Å². The number of H-pyrrole nitrogens is 1. The zero-order valence-electron chi connectivity index (χ0n) is 8.08. The molecule has 14 heavy (non-hydrogen) atoms. The van der Waals surface area contributed by atoms with Gasteiger partial charge in [0.05, 0.1) is 17.8 Å². The van der Waals surface area contributed by atoms with E-state index in [1.807, 2.05) is 25.1 Å². The highest BCUT2D eigenvalue weighted by Crippen LogP contribution is 2.21. The summed E-state index contributed by atoms with van der Waals surface area (Å²) in [6, 6.07) is 5.80. The third kappa shape index (κ3) is 1.44. The van der Waals surface area contributed by atoms with Crippen molar-refractivity contribution in [1.29, 1.82) is 0 Å². The maximum atomic E-state index is 5.57. The minimum atomic E-state index is 0.464. The molecule has 74 valence electrons. The molecule has 3 N–H and O–H groups in total. The molecule has 0 spiro atoms. The van der Waals surface area contributed by atoms with Crippen LogP contribution in [0.2, 0.25) is 0 Å². The van der Waals surface area contributed by atoms with Crippen molar-refractivity contribution >= 4 is 10.9 Å². The zero-order valence-corrected chi connectivity index (χ0v) is 8.08. The first-order valence-electron chi connectivity index (χ1n) is 4.65. The van der Waals surface area contributed by atoms with Crippen LogP contribution in [0.3, 0.4) is 0 Å². The van der Waals surface area contributed by atoms with Gasteiger partial charge in [-0.2, -0.15) is 5.10 Å². The van der Waals surface area contributed by atoms with Gasteiger partial charge in [-0.3, -0.25) is 5.10 Å². The summed E-state index contributed by atoms with van der Waals surface area (Å²) in [5.74, 6) is 0.858. The number of nitrogens with zero attached hydrogens (tertiary/aromatic N) is 1. The molecule has 0 saturated carbocycles. The fraction of sp³-hybridized carbons (Fsp3) is 0.300. The van der Waals surface area contributed by atoms with Crippen LogP contribution in [0.5, 0.6) is 5.75 Å². The lowest BCUT2D eigenvalue weighted by Crippen LogP contribution is -1.97. The molecule has 0 amide bonds. The normalized spacial score (nSPS) is 10.7. The second kappa shape index (κ2) is 3.67. The van der Waals surface area contributed by atoms with Crippen molar-refractivity contribution in [1.82, 2.24) is 10.2 Å². The summed E-state index contributed by atoms with van der Waals surface area (Å²) in [4.78, 5) is 0. The first-order valence-corrected chi connectivity index (χ1v) is 4.65. The van der Waals surface area contributed by atoms with Gasteiger partial charge in [-0.05, 0) is 25.1 Å². The van der Waals surface area contributed by atoms with Gasteiger partial charge in [0.15, 0.2) is 0 Å². The van der Waals surface area contributed by atoms with Crippen LogP contribution in [0, 0.1) is 0 Å². The molecule has 0 saturated heterocycles. The third-order valence-corrected chi connectivity index (χ3v) is 2.12. The summed E-state index contributed by atoms with van der Waals surface area (Å²) in [7, 11) is 0. The Morgan fingerprint density at radius 2 is 2.36 bits per heavy atom. The molecule has 0 aliphatic heterocycles. The van der Waals surface area contributed by atoms with Crippen molar-refractivity contribution in [3.8, 4) is 5.75 Å². The lowest BCUT2D eigenvalue weighted by molar-refractivity contribution is 0.340. The average Bonchev–Trinajstić information content (AvgIpc) is 2.60. The fourth-order valence-electron chi connectivity index (χ4n) is 1.45. The number of fused-ring (bicyclic) bond motifs is 1. The fourth-order valence-corrected chi connectivity index (χ4v) is 1.45. The number of aromatic amines is 1. The zero-order chi connectivity index (χ0) is 9.97. The molecule has 1 aromatic heterocycles. The van der Waals surface area contributed by atoms with Gasteiger partial charge < -0.3 is 10.5 Å². The van der Waals surface area contributed by atoms with Crippen LogP contribution in [-0.4, -0.2) is 16.8 Å². The highest BCUT2D eigenvalue weighted by atomic mass is 16.5. The smallest absolute Gasteiger partial charge is 0.120 e. The molecule has 0 atom stereocenters. The van der Waals surface area contributed by atoms with Crippen molar-refractivity contribution in [2.45, 2.75) is 13.5 Å². The van der Waals surface area contributed by atoms with Gasteiger partial charge in [0, 0.05) is 11.9 Å². The standard InChI is InChI=1S/C10H13N3O/c1-2-14-7-3-4-9-8(5-7)10(6-11)13-12-9/h3-5H,2,6,11H2,1H3,(H,12,13). The molecule has 0 aliphatic carbocycles. The Morgan fingerprint density at radius 3 is 3.07 bits per heavy atom. The SMILES string of the molecule is CCOc1ccc2n[nH]c(CN)c2c1. The van der Waals surface area contributed by atoms with Crippen molar-refractivity contribution in [3.05, 3.63) is 23.9 Å². The first-order chi connectivity index (χ1) is 6.85. The van der Waals surface area contributed by atoms with E-state index in [4.69, 9.17) is 10.5 Å². The third-order valence-electron chi connectivity index (χ3n) is 2.12. The molecule has 4 heteroatoms. The quantitative estimate of drug-likeness (QED) is 0.771. The highest BCUT2D eigenvalue weighted by molar-refractivity contribution is 5.82. The van der Waals surface area contributed by atoms with Crippen LogP contribution in [-0.2, 0) is 6.54 Å². The van der Waals surface area contributed by atoms with Gasteiger partial charge in [-0.25, -0.2) is 0 Å². The number of nitrogens with one attached hydrogen (secondary N) is 1. The molecule has 0 aliphatic rings. The average molecular weight is 191 g/mol. The Labute approximate surface area is 82.1 Å². The second-order valence-corrected chi connectivity index (χ2v) is 3.02. The number of hydrogen-bond donors (Lipinski definition) is 2. The summed E-state index contributed by atoms with van der Waals surface area (Å²) in [6.45, 7) is 3.09. The van der Waals surface area contributed by atoms with Crippen LogP contribution in [0.4, 0.5) is 0 Å². The molecule has 0 radical (unpaired) electrons. The number of nitrogens with two attached hydrogens (primary N) is 1. The van der Waals surface area contributed by atoms with Gasteiger partial charge in [0.1, 0.15) is 5.75 Å². The van der Waals surface area contributed by atoms with E-state index >= 15 is 0 Å². The van der Waals surface area contributed by atoms with E-state index in [0.717, 1.165) is 22.3 Å². The molecule has 2 aromatic rings. The number of hydrogen-bond acceptors (Lipinski definition) is 3. The van der Waals surface area contributed by atoms with E-state index in [-0.39, 0.29) is 0 Å². The first kappa shape index (κ1) is 9.02. The van der Waals surface area contributed by atoms with Gasteiger partial charge in [-0.1, -0.05) is 0 Å². The van der Waals surface area contributed by atoms with Gasteiger partial charge in [-0.15, -0.1) is 0 Å². The van der Waals surface area contributed by atoms with Gasteiger partial charge in [0.2, 0.25) is 0 Å². The van der Waals surface area contributed by atoms with Gasteiger partial charge >= 0.3 is 0 Å². The van der Waals surface area contributed by atoms with Crippen LogP contribution in [0.25, 0.3) is 10.9 Å². The number of rotatable bonds is 3. The van der Waals surface area contributed by atoms with Crippen LogP contribution in [0.15, 0.2) is 18.2 Å². The number of aromatic nitrogens is 2. The van der Waals surface area contributed by atoms with E-state index in [1.165, 1.54) is 0 Å². The highest BCUT2D eigenvalue weighted by Gasteiger charge is 2.04. The predicted octanol–water partition coefficient (Wildman–Crippen LogP) is 1.42. The maximum absolute atomic E-state index is 5.57. The summed E-state index contributed by atoms with van der Waals surface area (Å²) in [6.07, 6.45) is 0. The molecule has 2 rings (SSSR count).